The Hall–Kier alpha value is -3.73. The second-order valence-corrected chi connectivity index (χ2v) is 13.7. The molecule has 8 nitrogen and oxygen atoms in total. The van der Waals surface area contributed by atoms with Gasteiger partial charge in [-0.25, -0.2) is 0 Å². The van der Waals surface area contributed by atoms with E-state index in [0.29, 0.717) is 17.8 Å². The van der Waals surface area contributed by atoms with Crippen LogP contribution in [0.15, 0.2) is 108 Å². The van der Waals surface area contributed by atoms with Crippen molar-refractivity contribution in [3.8, 4) is 11.3 Å². The molecule has 10 heteroatoms. The summed E-state index contributed by atoms with van der Waals surface area (Å²) < 4.78 is 36.7. The fourth-order valence-electron chi connectivity index (χ4n) is 5.05. The molecule has 0 aliphatic heterocycles. The molecule has 1 unspecified atom stereocenters. The first-order valence-electron chi connectivity index (χ1n) is 14.7. The maximum atomic E-state index is 13.8. The van der Waals surface area contributed by atoms with Gasteiger partial charge in [0.25, 0.3) is 10.1 Å². The average Bonchev–Trinajstić information content (AvgIpc) is 3.44. The van der Waals surface area contributed by atoms with Crippen molar-refractivity contribution in [2.75, 3.05) is 16.4 Å². The normalized spacial score (nSPS) is 12.3. The van der Waals surface area contributed by atoms with E-state index in [-0.39, 0.29) is 47.3 Å². The van der Waals surface area contributed by atoms with E-state index in [1.807, 2.05) is 78.9 Å². The third-order valence-corrected chi connectivity index (χ3v) is 8.34. The second-order valence-electron chi connectivity index (χ2n) is 12.1. The van der Waals surface area contributed by atoms with Crippen molar-refractivity contribution >= 4 is 73.8 Å². The van der Waals surface area contributed by atoms with Gasteiger partial charge in [0.05, 0.1) is 11.7 Å². The van der Waals surface area contributed by atoms with E-state index in [2.05, 4.69) is 43.5 Å². The molecule has 0 saturated heterocycles. The van der Waals surface area contributed by atoms with Crippen LogP contribution in [-0.4, -0.2) is 60.1 Å². The average molecular weight is 649 g/mol. The number of amides is 2. The quantitative estimate of drug-likeness (QED) is 0.111. The first-order chi connectivity index (χ1) is 21.3. The molecular weight excluding hydrogens is 611 g/mol. The third-order valence-electron chi connectivity index (χ3n) is 7.62. The summed E-state index contributed by atoms with van der Waals surface area (Å²) >= 11 is 0. The van der Waals surface area contributed by atoms with Gasteiger partial charge in [0.1, 0.15) is 11.3 Å². The molecule has 1 heterocycles. The zero-order valence-electron chi connectivity index (χ0n) is 25.4. The summed E-state index contributed by atoms with van der Waals surface area (Å²) in [6, 6.07) is 32.6. The van der Waals surface area contributed by atoms with Crippen molar-refractivity contribution in [3.05, 3.63) is 120 Å². The zero-order valence-corrected chi connectivity index (χ0v) is 26.2. The molecule has 0 bridgehead atoms. The van der Waals surface area contributed by atoms with Crippen molar-refractivity contribution in [2.24, 2.45) is 0 Å². The van der Waals surface area contributed by atoms with E-state index in [0.717, 1.165) is 33.4 Å². The number of carbonyl (C=O) groups is 2. The Bertz CT molecular complexity index is 1880. The van der Waals surface area contributed by atoms with Crippen LogP contribution in [0.5, 0.6) is 0 Å². The molecule has 2 amide bonds. The molecule has 1 aromatic heterocycles. The number of nitrogens with one attached hydrogen (secondary N) is 2. The van der Waals surface area contributed by atoms with E-state index < -0.39 is 27.7 Å². The Balaban J connectivity index is 0.00000480. The van der Waals surface area contributed by atoms with Crippen molar-refractivity contribution in [1.82, 2.24) is 0 Å². The predicted octanol–water partition coefficient (Wildman–Crippen LogP) is 6.93. The Labute approximate surface area is 291 Å². The number of benzene rings is 4. The molecule has 5 aromatic rings. The molecule has 0 aliphatic carbocycles. The first-order valence-corrected chi connectivity index (χ1v) is 16.3. The Morgan fingerprint density at radius 3 is 2.04 bits per heavy atom. The van der Waals surface area contributed by atoms with Crippen LogP contribution in [0.3, 0.4) is 0 Å². The molecule has 1 atom stereocenters. The second kappa shape index (κ2) is 14.8. The van der Waals surface area contributed by atoms with E-state index in [9.17, 15) is 18.0 Å². The minimum atomic E-state index is -4.22. The molecule has 234 valence electrons. The van der Waals surface area contributed by atoms with Gasteiger partial charge in [0, 0.05) is 28.7 Å². The van der Waals surface area contributed by atoms with Crippen LogP contribution in [0.2, 0.25) is 0 Å². The van der Waals surface area contributed by atoms with Crippen molar-refractivity contribution in [2.45, 2.75) is 44.9 Å². The van der Waals surface area contributed by atoms with Crippen LogP contribution in [0.4, 0.5) is 11.4 Å². The van der Waals surface area contributed by atoms with Crippen molar-refractivity contribution in [1.29, 1.82) is 0 Å². The molecule has 0 radical (unpaired) electrons. The van der Waals surface area contributed by atoms with E-state index in [1.54, 1.807) is 12.1 Å². The summed E-state index contributed by atoms with van der Waals surface area (Å²) in [6.07, 6.45) is 0.0569. The Morgan fingerprint density at radius 1 is 0.826 bits per heavy atom. The van der Waals surface area contributed by atoms with Gasteiger partial charge in [-0.3, -0.25) is 14.1 Å². The van der Waals surface area contributed by atoms with Gasteiger partial charge in [-0.1, -0.05) is 75.4 Å². The predicted molar refractivity (Wildman–Crippen MR) is 185 cm³/mol. The van der Waals surface area contributed by atoms with Gasteiger partial charge in [-0.05, 0) is 77.1 Å². The number of rotatable bonds is 10. The number of anilines is 2. The summed E-state index contributed by atoms with van der Waals surface area (Å²) in [6.45, 7) is 6.43. The van der Waals surface area contributed by atoms with E-state index in [1.165, 1.54) is 5.56 Å². The minimum absolute atomic E-state index is 0. The summed E-state index contributed by atoms with van der Waals surface area (Å²) in [4.78, 5) is 25.8. The third kappa shape index (κ3) is 9.40. The van der Waals surface area contributed by atoms with Gasteiger partial charge >= 0.3 is 29.6 Å². The molecule has 3 N–H and O–H groups in total. The number of carbonyl (C=O) groups excluding carboxylic acids is 2. The Morgan fingerprint density at radius 2 is 1.43 bits per heavy atom. The summed E-state index contributed by atoms with van der Waals surface area (Å²) in [7, 11) is -4.22. The first kappa shape index (κ1) is 35.1. The molecule has 0 spiro atoms. The molecule has 0 saturated carbocycles. The maximum absolute atomic E-state index is 13.8. The molecule has 4 aromatic carbocycles. The number of para-hydroxylation sites is 1. The number of fused-ring (bicyclic) bond motifs is 1. The van der Waals surface area contributed by atoms with E-state index >= 15 is 0 Å². The molecular formula is C36H37N2NaO6S. The molecule has 0 aliphatic rings. The number of hydrogen-bond donors (Lipinski definition) is 3. The van der Waals surface area contributed by atoms with Crippen molar-refractivity contribution in [3.63, 3.8) is 0 Å². The standard InChI is InChI=1S/C36H36N2O6S.Na.H/c1-36(2,3)28-14-10-25(11-15-28)31(22-24-8-16-29(17-9-24)37-34(39)20-21-45(41,42)43)35(40)38-30-18-12-26(13-19-30)33-23-27-6-4-5-7-32(27)44-33;;/h4-19,23,31H,20-22H2,1-3H3,(H,37,39)(H,38,40)(H,41,42,43);;. The number of furan rings is 1. The van der Waals surface area contributed by atoms with Crippen LogP contribution in [0.1, 0.15) is 49.8 Å². The van der Waals surface area contributed by atoms with Gasteiger partial charge in [-0.15, -0.1) is 0 Å². The fraction of sp³-hybridized carbons (Fsp3) is 0.222. The molecule has 5 rings (SSSR count). The van der Waals surface area contributed by atoms with Crippen LogP contribution < -0.4 is 10.6 Å². The van der Waals surface area contributed by atoms with Crippen LogP contribution in [0.25, 0.3) is 22.3 Å². The van der Waals surface area contributed by atoms with Crippen LogP contribution in [0, 0.1) is 0 Å². The Kier molecular flexibility index (Phi) is 11.3. The topological polar surface area (TPSA) is 126 Å². The summed E-state index contributed by atoms with van der Waals surface area (Å²) in [5, 5.41) is 6.73. The fourth-order valence-corrected chi connectivity index (χ4v) is 5.50. The molecule has 46 heavy (non-hydrogen) atoms. The zero-order chi connectivity index (χ0) is 32.2. The summed E-state index contributed by atoms with van der Waals surface area (Å²) in [5.41, 5.74) is 5.77. The van der Waals surface area contributed by atoms with Crippen LogP contribution >= 0.6 is 0 Å². The SMILES string of the molecule is CC(C)(C)c1ccc(C(Cc2ccc(NC(=O)CCS(=O)(=O)O)cc2)C(=O)Nc2ccc(-c3cc4ccccc4o3)cc2)cc1.[NaH]. The van der Waals surface area contributed by atoms with Gasteiger partial charge in [-0.2, -0.15) is 8.42 Å². The van der Waals surface area contributed by atoms with Gasteiger partial charge < -0.3 is 15.1 Å². The summed E-state index contributed by atoms with van der Waals surface area (Å²) in [5.74, 6) is -1.07. The molecule has 0 fully saturated rings. The number of hydrogen-bond acceptors (Lipinski definition) is 5. The van der Waals surface area contributed by atoms with Gasteiger partial charge in [0.2, 0.25) is 11.8 Å². The van der Waals surface area contributed by atoms with Gasteiger partial charge in [0.15, 0.2) is 0 Å². The van der Waals surface area contributed by atoms with Crippen molar-refractivity contribution < 1.29 is 27.0 Å². The van der Waals surface area contributed by atoms with Crippen LogP contribution in [-0.2, 0) is 31.5 Å². The monoisotopic (exact) mass is 648 g/mol. The van der Waals surface area contributed by atoms with E-state index in [4.69, 9.17) is 8.97 Å².